The molecule has 1 aliphatic heterocycles. The van der Waals surface area contributed by atoms with Crippen molar-refractivity contribution in [1.82, 2.24) is 0 Å². The number of rotatable bonds is 2. The van der Waals surface area contributed by atoms with Crippen molar-refractivity contribution in [2.24, 2.45) is 0 Å². The second kappa shape index (κ2) is 4.55. The molecule has 76 valence electrons. The highest BCUT2D eigenvalue weighted by molar-refractivity contribution is 5.17. The zero-order valence-corrected chi connectivity index (χ0v) is 7.93. The number of hydrogen-bond donors (Lipinski definition) is 1. The molecule has 1 aromatic carbocycles. The van der Waals surface area contributed by atoms with Gasteiger partial charge in [-0.05, 0) is 5.56 Å². The topological polar surface area (TPSA) is 38.7 Å². The van der Waals surface area contributed by atoms with E-state index in [1.807, 2.05) is 30.3 Å². The number of benzene rings is 1. The van der Waals surface area contributed by atoms with E-state index in [0.717, 1.165) is 5.56 Å². The van der Waals surface area contributed by atoms with Gasteiger partial charge in [0.25, 0.3) is 0 Å². The first kappa shape index (κ1) is 9.65. The first-order valence-electron chi connectivity index (χ1n) is 4.79. The Labute approximate surface area is 83.3 Å². The van der Waals surface area contributed by atoms with E-state index in [9.17, 15) is 0 Å². The summed E-state index contributed by atoms with van der Waals surface area (Å²) in [7, 11) is 0. The van der Waals surface area contributed by atoms with Gasteiger partial charge in [-0.3, -0.25) is 0 Å². The summed E-state index contributed by atoms with van der Waals surface area (Å²) in [6.07, 6.45) is -0.144. The molecule has 0 saturated carbocycles. The van der Waals surface area contributed by atoms with Crippen molar-refractivity contribution >= 4 is 0 Å². The Morgan fingerprint density at radius 3 is 2.50 bits per heavy atom. The van der Waals surface area contributed by atoms with Crippen LogP contribution in [0.15, 0.2) is 30.3 Å². The Balaban J connectivity index is 1.96. The van der Waals surface area contributed by atoms with E-state index in [-0.39, 0.29) is 18.8 Å². The summed E-state index contributed by atoms with van der Waals surface area (Å²) in [5.74, 6) is 0. The quantitative estimate of drug-likeness (QED) is 0.767. The average molecular weight is 194 g/mol. The lowest BCUT2D eigenvalue weighted by Gasteiger charge is -2.28. The van der Waals surface area contributed by atoms with E-state index in [2.05, 4.69) is 0 Å². The molecular formula is C11H14O3. The van der Waals surface area contributed by atoms with Gasteiger partial charge < -0.3 is 14.6 Å². The van der Waals surface area contributed by atoms with Crippen LogP contribution in [0.25, 0.3) is 0 Å². The van der Waals surface area contributed by atoms with Crippen LogP contribution in [0.5, 0.6) is 0 Å². The molecule has 0 aromatic heterocycles. The first-order valence-corrected chi connectivity index (χ1v) is 4.79. The molecule has 0 unspecified atom stereocenters. The maximum absolute atomic E-state index is 8.84. The third-order valence-electron chi connectivity index (χ3n) is 2.34. The van der Waals surface area contributed by atoms with Crippen molar-refractivity contribution in [3.8, 4) is 0 Å². The minimum Gasteiger partial charge on any atom is -0.394 e. The fourth-order valence-corrected chi connectivity index (χ4v) is 1.51. The number of aliphatic hydroxyl groups is 1. The molecule has 14 heavy (non-hydrogen) atoms. The largest absolute Gasteiger partial charge is 0.394 e. The van der Waals surface area contributed by atoms with Gasteiger partial charge in [-0.2, -0.15) is 0 Å². The van der Waals surface area contributed by atoms with Gasteiger partial charge in [-0.15, -0.1) is 0 Å². The zero-order valence-electron chi connectivity index (χ0n) is 7.93. The van der Waals surface area contributed by atoms with Crippen LogP contribution in [0.4, 0.5) is 0 Å². The minimum atomic E-state index is -0.157. The van der Waals surface area contributed by atoms with Crippen LogP contribution in [0.1, 0.15) is 11.7 Å². The first-order chi connectivity index (χ1) is 6.90. The predicted molar refractivity (Wildman–Crippen MR) is 52.0 cm³/mol. The van der Waals surface area contributed by atoms with Crippen molar-refractivity contribution in [2.75, 3.05) is 19.8 Å². The molecule has 1 heterocycles. The summed E-state index contributed by atoms with van der Waals surface area (Å²) in [5.41, 5.74) is 1.13. The van der Waals surface area contributed by atoms with Gasteiger partial charge in [-0.25, -0.2) is 0 Å². The Bertz CT molecular complexity index is 265. The van der Waals surface area contributed by atoms with E-state index < -0.39 is 0 Å². The molecule has 1 aliphatic rings. The molecule has 3 nitrogen and oxygen atoms in total. The molecule has 0 aliphatic carbocycles. The van der Waals surface area contributed by atoms with Crippen molar-refractivity contribution in [3.05, 3.63) is 35.9 Å². The second-order valence-corrected chi connectivity index (χ2v) is 3.37. The molecule has 0 bridgehead atoms. The highest BCUT2D eigenvalue weighted by atomic mass is 16.6. The smallest absolute Gasteiger partial charge is 0.106 e. The monoisotopic (exact) mass is 194 g/mol. The highest BCUT2D eigenvalue weighted by Crippen LogP contribution is 2.22. The normalized spacial score (nSPS) is 27.5. The minimum absolute atomic E-state index is 0.0130. The van der Waals surface area contributed by atoms with Crippen LogP contribution in [-0.4, -0.2) is 31.0 Å². The molecule has 2 rings (SSSR count). The van der Waals surface area contributed by atoms with E-state index in [1.54, 1.807) is 0 Å². The average Bonchev–Trinajstić information content (AvgIpc) is 2.30. The van der Waals surface area contributed by atoms with Crippen molar-refractivity contribution in [3.63, 3.8) is 0 Å². The van der Waals surface area contributed by atoms with E-state index in [1.165, 1.54) is 0 Å². The summed E-state index contributed by atoms with van der Waals surface area (Å²) in [6.45, 7) is 1.02. The van der Waals surface area contributed by atoms with Gasteiger partial charge in [0.2, 0.25) is 0 Å². The van der Waals surface area contributed by atoms with Gasteiger partial charge in [0.05, 0.1) is 19.8 Å². The molecule has 0 amide bonds. The molecule has 0 radical (unpaired) electrons. The summed E-state index contributed by atoms with van der Waals surface area (Å²) in [5, 5.41) is 8.84. The van der Waals surface area contributed by atoms with Crippen LogP contribution in [0.2, 0.25) is 0 Å². The molecule has 0 spiro atoms. The molecule has 2 atom stereocenters. The second-order valence-electron chi connectivity index (χ2n) is 3.37. The Hall–Kier alpha value is -0.900. The van der Waals surface area contributed by atoms with Crippen LogP contribution < -0.4 is 0 Å². The van der Waals surface area contributed by atoms with Crippen LogP contribution in [-0.2, 0) is 9.47 Å². The van der Waals surface area contributed by atoms with Gasteiger partial charge in [0, 0.05) is 0 Å². The maximum atomic E-state index is 8.84. The number of aliphatic hydroxyl groups excluding tert-OH is 1. The molecule has 1 aromatic rings. The third kappa shape index (κ3) is 2.12. The van der Waals surface area contributed by atoms with Gasteiger partial charge in [0.15, 0.2) is 0 Å². The SMILES string of the molecule is OC[C@@H]1CO[C@@H](c2ccccc2)CO1. The number of hydrogen-bond acceptors (Lipinski definition) is 3. The fourth-order valence-electron chi connectivity index (χ4n) is 1.51. The lowest BCUT2D eigenvalue weighted by molar-refractivity contribution is -0.147. The Morgan fingerprint density at radius 2 is 1.93 bits per heavy atom. The third-order valence-corrected chi connectivity index (χ3v) is 2.34. The van der Waals surface area contributed by atoms with Crippen LogP contribution >= 0.6 is 0 Å². The summed E-state index contributed by atoms with van der Waals surface area (Å²) >= 11 is 0. The number of ether oxygens (including phenoxy) is 2. The van der Waals surface area contributed by atoms with Gasteiger partial charge in [-0.1, -0.05) is 30.3 Å². The standard InChI is InChI=1S/C11H14O3/c12-6-10-7-14-11(8-13-10)9-4-2-1-3-5-9/h1-5,10-12H,6-8H2/t10-,11-/m1/s1. The van der Waals surface area contributed by atoms with Gasteiger partial charge in [0.1, 0.15) is 12.2 Å². The fraction of sp³-hybridized carbons (Fsp3) is 0.455. The highest BCUT2D eigenvalue weighted by Gasteiger charge is 2.22. The molecule has 1 saturated heterocycles. The van der Waals surface area contributed by atoms with Crippen LogP contribution in [0, 0.1) is 0 Å². The summed E-state index contributed by atoms with van der Waals surface area (Å²) < 4.78 is 11.0. The summed E-state index contributed by atoms with van der Waals surface area (Å²) in [6, 6.07) is 9.98. The van der Waals surface area contributed by atoms with E-state index in [4.69, 9.17) is 14.6 Å². The molecule has 1 fully saturated rings. The van der Waals surface area contributed by atoms with Crippen LogP contribution in [0.3, 0.4) is 0 Å². The Morgan fingerprint density at radius 1 is 1.14 bits per heavy atom. The van der Waals surface area contributed by atoms with Crippen molar-refractivity contribution < 1.29 is 14.6 Å². The molecule has 1 N–H and O–H groups in total. The van der Waals surface area contributed by atoms with Crippen molar-refractivity contribution in [1.29, 1.82) is 0 Å². The zero-order chi connectivity index (χ0) is 9.80. The molecular weight excluding hydrogens is 180 g/mol. The lowest BCUT2D eigenvalue weighted by atomic mass is 10.1. The van der Waals surface area contributed by atoms with E-state index in [0.29, 0.717) is 13.2 Å². The predicted octanol–water partition coefficient (Wildman–Crippen LogP) is 1.14. The van der Waals surface area contributed by atoms with E-state index >= 15 is 0 Å². The summed E-state index contributed by atoms with van der Waals surface area (Å²) in [4.78, 5) is 0. The molecule has 3 heteroatoms. The lowest BCUT2D eigenvalue weighted by Crippen LogP contribution is -2.33. The van der Waals surface area contributed by atoms with Gasteiger partial charge >= 0.3 is 0 Å². The Kier molecular flexibility index (Phi) is 3.14. The maximum Gasteiger partial charge on any atom is 0.106 e. The van der Waals surface area contributed by atoms with Crippen molar-refractivity contribution in [2.45, 2.75) is 12.2 Å².